The first-order valence-corrected chi connectivity index (χ1v) is 8.62. The smallest absolute Gasteiger partial charge is 0.107 e. The molecule has 0 amide bonds. The zero-order valence-corrected chi connectivity index (χ0v) is 12.5. The van der Waals surface area contributed by atoms with Gasteiger partial charge in [-0.05, 0) is 37.9 Å². The highest BCUT2D eigenvalue weighted by Crippen LogP contribution is 2.41. The lowest BCUT2D eigenvalue weighted by Gasteiger charge is -2.47. The minimum absolute atomic E-state index is 0.190. The van der Waals surface area contributed by atoms with Gasteiger partial charge in [-0.25, -0.2) is 0 Å². The van der Waals surface area contributed by atoms with E-state index in [4.69, 9.17) is 5.73 Å². The van der Waals surface area contributed by atoms with Crippen LogP contribution < -0.4 is 21.7 Å². The van der Waals surface area contributed by atoms with Crippen molar-refractivity contribution in [2.24, 2.45) is 23.5 Å². The van der Waals surface area contributed by atoms with Gasteiger partial charge in [0, 0.05) is 30.6 Å². The number of hydrogen-bond acceptors (Lipinski definition) is 6. The van der Waals surface area contributed by atoms with Gasteiger partial charge in [0.15, 0.2) is 0 Å². The summed E-state index contributed by atoms with van der Waals surface area (Å²) in [6.45, 7) is 3.25. The van der Waals surface area contributed by atoms with Crippen molar-refractivity contribution < 1.29 is 5.11 Å². The van der Waals surface area contributed by atoms with E-state index in [9.17, 15) is 5.11 Å². The van der Waals surface area contributed by atoms with Crippen LogP contribution >= 0.6 is 11.8 Å². The van der Waals surface area contributed by atoms with E-state index in [0.717, 1.165) is 6.54 Å². The summed E-state index contributed by atoms with van der Waals surface area (Å²) in [4.78, 5) is 0. The number of rotatable bonds is 2. The number of hydrogen-bond donors (Lipinski definition) is 5. The van der Waals surface area contributed by atoms with Crippen molar-refractivity contribution in [2.45, 2.75) is 49.6 Å². The van der Waals surface area contributed by atoms with Crippen LogP contribution in [-0.2, 0) is 0 Å². The maximum Gasteiger partial charge on any atom is 0.107 e. The first-order valence-electron chi connectivity index (χ1n) is 7.33. The lowest BCUT2D eigenvalue weighted by Crippen LogP contribution is -2.65. The second-order valence-corrected chi connectivity index (χ2v) is 7.21. The van der Waals surface area contributed by atoms with E-state index < -0.39 is 6.23 Å². The summed E-state index contributed by atoms with van der Waals surface area (Å²) in [5, 5.41) is 20.8. The van der Waals surface area contributed by atoms with Crippen molar-refractivity contribution in [2.75, 3.05) is 12.8 Å². The molecular weight excluding hydrogens is 260 g/mol. The fourth-order valence-electron chi connectivity index (χ4n) is 4.43. The number of nitrogens with two attached hydrogens (primary N) is 1. The van der Waals surface area contributed by atoms with Crippen LogP contribution in [0.3, 0.4) is 0 Å². The van der Waals surface area contributed by atoms with Gasteiger partial charge >= 0.3 is 0 Å². The fraction of sp³-hybridized carbons (Fsp3) is 1.00. The zero-order valence-electron chi connectivity index (χ0n) is 11.7. The van der Waals surface area contributed by atoms with Gasteiger partial charge in [0.1, 0.15) is 11.7 Å². The van der Waals surface area contributed by atoms with Gasteiger partial charge in [-0.15, -0.1) is 11.8 Å². The number of aliphatic hydroxyl groups excluding tert-OH is 1. The second kappa shape index (κ2) is 5.50. The molecule has 2 saturated heterocycles. The van der Waals surface area contributed by atoms with Crippen LogP contribution in [0, 0.1) is 17.8 Å². The molecule has 8 atom stereocenters. The molecule has 3 aliphatic rings. The molecule has 0 bridgehead atoms. The first kappa shape index (κ1) is 14.1. The molecule has 110 valence electrons. The number of fused-ring (bicyclic) bond motifs is 3. The highest BCUT2D eigenvalue weighted by molar-refractivity contribution is 7.99. The topological polar surface area (TPSA) is 82.3 Å². The van der Waals surface area contributed by atoms with Gasteiger partial charge in [0.2, 0.25) is 0 Å². The van der Waals surface area contributed by atoms with Crippen molar-refractivity contribution in [3.63, 3.8) is 0 Å². The van der Waals surface area contributed by atoms with Gasteiger partial charge in [0.25, 0.3) is 0 Å². The van der Waals surface area contributed by atoms with Crippen LogP contribution in [0.25, 0.3) is 0 Å². The Morgan fingerprint density at radius 2 is 2.05 bits per heavy atom. The Kier molecular flexibility index (Phi) is 4.08. The molecule has 0 spiro atoms. The lowest BCUT2D eigenvalue weighted by molar-refractivity contribution is 0.0550. The van der Waals surface area contributed by atoms with Crippen molar-refractivity contribution >= 4 is 11.8 Å². The van der Waals surface area contributed by atoms with E-state index in [1.165, 1.54) is 12.8 Å². The van der Waals surface area contributed by atoms with Crippen molar-refractivity contribution in [3.8, 4) is 0 Å². The molecule has 0 radical (unpaired) electrons. The van der Waals surface area contributed by atoms with E-state index >= 15 is 0 Å². The SMILES string of the molecule is CSC1NCC2CCC3C(NC(C)C3C(N)O)C2N1. The van der Waals surface area contributed by atoms with Gasteiger partial charge in [-0.1, -0.05) is 0 Å². The largest absolute Gasteiger partial charge is 0.378 e. The Morgan fingerprint density at radius 3 is 2.74 bits per heavy atom. The lowest BCUT2D eigenvalue weighted by atomic mass is 9.70. The average molecular weight is 286 g/mol. The summed E-state index contributed by atoms with van der Waals surface area (Å²) in [6, 6.07) is 1.26. The molecule has 2 heterocycles. The predicted molar refractivity (Wildman–Crippen MR) is 78.5 cm³/mol. The average Bonchev–Trinajstić information content (AvgIpc) is 2.74. The molecule has 0 aromatic heterocycles. The molecule has 1 saturated carbocycles. The summed E-state index contributed by atoms with van der Waals surface area (Å²) >= 11 is 1.82. The van der Waals surface area contributed by atoms with Gasteiger partial charge < -0.3 is 16.2 Å². The minimum Gasteiger partial charge on any atom is -0.378 e. The van der Waals surface area contributed by atoms with Crippen molar-refractivity contribution in [3.05, 3.63) is 0 Å². The number of aliphatic hydroxyl groups is 1. The fourth-order valence-corrected chi connectivity index (χ4v) is 4.99. The van der Waals surface area contributed by atoms with Crippen molar-refractivity contribution in [1.82, 2.24) is 16.0 Å². The molecule has 6 heteroatoms. The van der Waals surface area contributed by atoms with Crippen LogP contribution in [-0.4, -0.2) is 47.8 Å². The zero-order chi connectivity index (χ0) is 13.6. The van der Waals surface area contributed by atoms with Crippen LogP contribution in [0.1, 0.15) is 19.8 Å². The van der Waals surface area contributed by atoms with Crippen LogP contribution in [0.5, 0.6) is 0 Å². The molecule has 1 aliphatic carbocycles. The molecule has 8 unspecified atom stereocenters. The molecule has 3 fully saturated rings. The number of thioether (sulfide) groups is 1. The molecule has 2 aliphatic heterocycles. The Bertz CT molecular complexity index is 330. The standard InChI is InChI=1S/C13H26N4OS/c1-6-9(12(14)18)8-4-3-7-5-15-13(19-2)17-10(7)11(8)16-6/h6-13,15-18H,3-5,14H2,1-2H3. The summed E-state index contributed by atoms with van der Waals surface area (Å²) in [7, 11) is 0. The predicted octanol–water partition coefficient (Wildman–Crippen LogP) is -0.526. The Morgan fingerprint density at radius 1 is 1.26 bits per heavy atom. The first-order chi connectivity index (χ1) is 9.11. The third-order valence-electron chi connectivity index (χ3n) is 5.29. The second-order valence-electron chi connectivity index (χ2n) is 6.27. The molecular formula is C13H26N4OS. The van der Waals surface area contributed by atoms with E-state index in [-0.39, 0.29) is 5.92 Å². The van der Waals surface area contributed by atoms with Gasteiger partial charge in [-0.2, -0.15) is 0 Å². The Balaban J connectivity index is 1.77. The monoisotopic (exact) mass is 286 g/mol. The third kappa shape index (κ3) is 2.43. The normalized spacial score (nSPS) is 51.5. The van der Waals surface area contributed by atoms with E-state index in [1.807, 2.05) is 11.8 Å². The molecule has 0 aromatic carbocycles. The molecule has 19 heavy (non-hydrogen) atoms. The summed E-state index contributed by atoms with van der Waals surface area (Å²) < 4.78 is 0. The Hall–Kier alpha value is 0.150. The summed E-state index contributed by atoms with van der Waals surface area (Å²) in [5.41, 5.74) is 6.14. The summed E-state index contributed by atoms with van der Waals surface area (Å²) in [5.74, 6) is 1.39. The van der Waals surface area contributed by atoms with Crippen LogP contribution in [0.4, 0.5) is 0 Å². The third-order valence-corrected chi connectivity index (χ3v) is 6.07. The molecule has 0 aromatic rings. The molecule has 5 nitrogen and oxygen atoms in total. The van der Waals surface area contributed by atoms with Crippen LogP contribution in [0.15, 0.2) is 0 Å². The van der Waals surface area contributed by atoms with E-state index in [2.05, 4.69) is 29.1 Å². The number of nitrogens with one attached hydrogen (secondary N) is 3. The van der Waals surface area contributed by atoms with Crippen molar-refractivity contribution in [1.29, 1.82) is 0 Å². The molecule has 6 N–H and O–H groups in total. The highest BCUT2D eigenvalue weighted by Gasteiger charge is 2.51. The van der Waals surface area contributed by atoms with Gasteiger partial charge in [-0.3, -0.25) is 10.6 Å². The van der Waals surface area contributed by atoms with Crippen LogP contribution in [0.2, 0.25) is 0 Å². The Labute approximate surface area is 119 Å². The molecule has 3 rings (SSSR count). The quantitative estimate of drug-likeness (QED) is 0.439. The highest BCUT2D eigenvalue weighted by atomic mass is 32.2. The minimum atomic E-state index is -0.702. The maximum atomic E-state index is 9.86. The maximum absolute atomic E-state index is 9.86. The van der Waals surface area contributed by atoms with Gasteiger partial charge in [0.05, 0.1) is 0 Å². The van der Waals surface area contributed by atoms with E-state index in [1.54, 1.807) is 0 Å². The van der Waals surface area contributed by atoms with E-state index in [0.29, 0.717) is 35.5 Å². The summed E-state index contributed by atoms with van der Waals surface area (Å²) in [6.07, 6.45) is 3.83.